The van der Waals surface area contributed by atoms with Crippen molar-refractivity contribution < 1.29 is 19.3 Å². The number of benzene rings is 1. The molecule has 0 saturated carbocycles. The molecule has 1 saturated heterocycles. The van der Waals surface area contributed by atoms with E-state index in [4.69, 9.17) is 14.2 Å². The van der Waals surface area contributed by atoms with E-state index >= 15 is 0 Å². The molecule has 1 aliphatic heterocycles. The highest BCUT2D eigenvalue weighted by atomic mass is 16.5. The van der Waals surface area contributed by atoms with Crippen LogP contribution in [0.25, 0.3) is 0 Å². The molecule has 1 aromatic carbocycles. The lowest BCUT2D eigenvalue weighted by Gasteiger charge is -2.37. The lowest BCUT2D eigenvalue weighted by Crippen LogP contribution is -2.37. The summed E-state index contributed by atoms with van der Waals surface area (Å²) in [5.74, 6) is 1.52. The molecular weight excluding hydrogens is 232 g/mol. The Bertz CT molecular complexity index is 418. The van der Waals surface area contributed by atoms with Crippen LogP contribution in [0.15, 0.2) is 18.2 Å². The summed E-state index contributed by atoms with van der Waals surface area (Å²) in [5.41, 5.74) is 0.389. The van der Waals surface area contributed by atoms with Crippen LogP contribution in [0.3, 0.4) is 0 Å². The third-order valence-corrected chi connectivity index (χ3v) is 3.47. The molecule has 1 N–H and O–H groups in total. The second-order valence-corrected chi connectivity index (χ2v) is 4.79. The van der Waals surface area contributed by atoms with Crippen LogP contribution < -0.4 is 9.47 Å². The highest BCUT2D eigenvalue weighted by Crippen LogP contribution is 2.41. The standard InChI is InChI=1S/C14H20O4/c1-14(9-10(15)6-7-18-14)12-8-11(16-2)4-5-13(12)17-3/h4-5,8,10,15H,6-7,9H2,1-3H3. The fourth-order valence-electron chi connectivity index (χ4n) is 2.45. The lowest BCUT2D eigenvalue weighted by molar-refractivity contribution is -0.113. The van der Waals surface area contributed by atoms with Crippen LogP contribution >= 0.6 is 0 Å². The second-order valence-electron chi connectivity index (χ2n) is 4.79. The van der Waals surface area contributed by atoms with Crippen LogP contribution in [0.5, 0.6) is 11.5 Å². The van der Waals surface area contributed by atoms with Crippen LogP contribution in [0.2, 0.25) is 0 Å². The summed E-state index contributed by atoms with van der Waals surface area (Å²) in [7, 11) is 3.26. The average Bonchev–Trinajstić information content (AvgIpc) is 2.37. The van der Waals surface area contributed by atoms with Crippen molar-refractivity contribution in [1.82, 2.24) is 0 Å². The Kier molecular flexibility index (Phi) is 3.78. The molecule has 2 rings (SSSR count). The van der Waals surface area contributed by atoms with E-state index in [-0.39, 0.29) is 6.10 Å². The van der Waals surface area contributed by atoms with Crippen LogP contribution in [0, 0.1) is 0 Å². The largest absolute Gasteiger partial charge is 0.497 e. The van der Waals surface area contributed by atoms with Gasteiger partial charge in [0.15, 0.2) is 0 Å². The summed E-state index contributed by atoms with van der Waals surface area (Å²) in [4.78, 5) is 0. The molecule has 4 heteroatoms. The van der Waals surface area contributed by atoms with Crippen LogP contribution in [-0.4, -0.2) is 32.0 Å². The molecule has 2 atom stereocenters. The van der Waals surface area contributed by atoms with Gasteiger partial charge in [-0.2, -0.15) is 0 Å². The Hall–Kier alpha value is -1.26. The fraction of sp³-hybridized carbons (Fsp3) is 0.571. The van der Waals surface area contributed by atoms with E-state index in [1.54, 1.807) is 14.2 Å². The third kappa shape index (κ3) is 2.44. The molecule has 1 aromatic rings. The highest BCUT2D eigenvalue weighted by molar-refractivity contribution is 5.44. The van der Waals surface area contributed by atoms with Gasteiger partial charge in [0.1, 0.15) is 11.5 Å². The van der Waals surface area contributed by atoms with Gasteiger partial charge < -0.3 is 19.3 Å². The maximum absolute atomic E-state index is 9.84. The predicted octanol–water partition coefficient (Wildman–Crippen LogP) is 2.09. The van der Waals surface area contributed by atoms with Gasteiger partial charge in [0.05, 0.1) is 32.5 Å². The Morgan fingerprint density at radius 3 is 2.72 bits per heavy atom. The highest BCUT2D eigenvalue weighted by Gasteiger charge is 2.36. The summed E-state index contributed by atoms with van der Waals surface area (Å²) in [6, 6.07) is 5.63. The summed E-state index contributed by atoms with van der Waals surface area (Å²) >= 11 is 0. The van der Waals surface area contributed by atoms with Crippen molar-refractivity contribution in [3.05, 3.63) is 23.8 Å². The number of methoxy groups -OCH3 is 2. The van der Waals surface area contributed by atoms with E-state index < -0.39 is 5.60 Å². The number of aliphatic hydroxyl groups is 1. The predicted molar refractivity (Wildman–Crippen MR) is 68.1 cm³/mol. The zero-order valence-electron chi connectivity index (χ0n) is 11.1. The minimum absolute atomic E-state index is 0.334. The first-order valence-electron chi connectivity index (χ1n) is 6.13. The number of hydrogen-bond acceptors (Lipinski definition) is 4. The summed E-state index contributed by atoms with van der Waals surface area (Å²) in [6.45, 7) is 2.53. The molecule has 1 heterocycles. The van der Waals surface area contributed by atoms with Crippen molar-refractivity contribution in [3.63, 3.8) is 0 Å². The smallest absolute Gasteiger partial charge is 0.125 e. The maximum Gasteiger partial charge on any atom is 0.125 e. The number of rotatable bonds is 3. The van der Waals surface area contributed by atoms with Gasteiger partial charge in [-0.25, -0.2) is 0 Å². The molecule has 0 radical (unpaired) electrons. The van der Waals surface area contributed by atoms with E-state index in [9.17, 15) is 5.11 Å². The topological polar surface area (TPSA) is 47.9 Å². The molecule has 0 aromatic heterocycles. The van der Waals surface area contributed by atoms with E-state index in [0.29, 0.717) is 19.4 Å². The monoisotopic (exact) mass is 252 g/mol. The molecule has 2 unspecified atom stereocenters. The Morgan fingerprint density at radius 2 is 2.11 bits per heavy atom. The van der Waals surface area contributed by atoms with Gasteiger partial charge in [-0.3, -0.25) is 0 Å². The molecule has 0 bridgehead atoms. The molecule has 0 amide bonds. The number of hydrogen-bond donors (Lipinski definition) is 1. The SMILES string of the molecule is COc1ccc(OC)c(C2(C)CC(O)CCO2)c1. The molecule has 0 aliphatic carbocycles. The summed E-state index contributed by atoms with van der Waals surface area (Å²) < 4.78 is 16.5. The van der Waals surface area contributed by atoms with E-state index in [0.717, 1.165) is 17.1 Å². The molecule has 1 fully saturated rings. The minimum Gasteiger partial charge on any atom is -0.497 e. The normalized spacial score (nSPS) is 27.9. The summed E-state index contributed by atoms with van der Waals surface area (Å²) in [6.07, 6.45) is 0.915. The van der Waals surface area contributed by atoms with E-state index in [1.807, 2.05) is 25.1 Å². The summed E-state index contributed by atoms with van der Waals surface area (Å²) in [5, 5.41) is 9.84. The molecular formula is C14H20O4. The van der Waals surface area contributed by atoms with Gasteiger partial charge in [0.25, 0.3) is 0 Å². The Balaban J connectivity index is 2.40. The van der Waals surface area contributed by atoms with Crippen LogP contribution in [0.1, 0.15) is 25.3 Å². The van der Waals surface area contributed by atoms with Gasteiger partial charge in [-0.1, -0.05) is 0 Å². The van der Waals surface area contributed by atoms with Crippen molar-refractivity contribution >= 4 is 0 Å². The first-order chi connectivity index (χ1) is 8.59. The molecule has 18 heavy (non-hydrogen) atoms. The maximum atomic E-state index is 9.84. The van der Waals surface area contributed by atoms with Gasteiger partial charge in [0.2, 0.25) is 0 Å². The Morgan fingerprint density at radius 1 is 1.33 bits per heavy atom. The van der Waals surface area contributed by atoms with E-state index in [1.165, 1.54) is 0 Å². The van der Waals surface area contributed by atoms with Crippen molar-refractivity contribution in [2.75, 3.05) is 20.8 Å². The molecule has 100 valence electrons. The van der Waals surface area contributed by atoms with Gasteiger partial charge in [0, 0.05) is 12.0 Å². The number of ether oxygens (including phenoxy) is 3. The van der Waals surface area contributed by atoms with Crippen molar-refractivity contribution in [2.45, 2.75) is 31.5 Å². The molecule has 1 aliphatic rings. The van der Waals surface area contributed by atoms with Crippen molar-refractivity contribution in [3.8, 4) is 11.5 Å². The minimum atomic E-state index is -0.530. The fourth-order valence-corrected chi connectivity index (χ4v) is 2.45. The van der Waals surface area contributed by atoms with Gasteiger partial charge >= 0.3 is 0 Å². The van der Waals surface area contributed by atoms with Crippen LogP contribution in [0.4, 0.5) is 0 Å². The van der Waals surface area contributed by atoms with Gasteiger partial charge in [-0.05, 0) is 31.5 Å². The van der Waals surface area contributed by atoms with Gasteiger partial charge in [-0.15, -0.1) is 0 Å². The van der Waals surface area contributed by atoms with Crippen molar-refractivity contribution in [2.24, 2.45) is 0 Å². The first-order valence-corrected chi connectivity index (χ1v) is 6.13. The second kappa shape index (κ2) is 5.16. The van der Waals surface area contributed by atoms with Crippen LogP contribution in [-0.2, 0) is 10.3 Å². The zero-order valence-corrected chi connectivity index (χ0v) is 11.1. The van der Waals surface area contributed by atoms with E-state index in [2.05, 4.69) is 0 Å². The average molecular weight is 252 g/mol. The Labute approximate surface area is 107 Å². The molecule has 4 nitrogen and oxygen atoms in total. The number of aliphatic hydroxyl groups excluding tert-OH is 1. The van der Waals surface area contributed by atoms with Crippen molar-refractivity contribution in [1.29, 1.82) is 0 Å². The molecule has 0 spiro atoms. The quantitative estimate of drug-likeness (QED) is 0.895. The lowest BCUT2D eigenvalue weighted by atomic mass is 9.86. The first kappa shape index (κ1) is 13.2. The third-order valence-electron chi connectivity index (χ3n) is 3.47. The zero-order chi connectivity index (χ0) is 13.2.